The van der Waals surface area contributed by atoms with E-state index in [1.165, 1.54) is 11.1 Å². The zero-order valence-electron chi connectivity index (χ0n) is 12.9. The van der Waals surface area contributed by atoms with Crippen LogP contribution in [0.1, 0.15) is 42.5 Å². The molecule has 0 amide bonds. The van der Waals surface area contributed by atoms with Crippen LogP contribution in [-0.2, 0) is 6.42 Å². The Hall–Kier alpha value is -1.67. The minimum atomic E-state index is -0.127. The van der Waals surface area contributed by atoms with Crippen LogP contribution in [0.25, 0.3) is 0 Å². The monoisotopic (exact) mass is 285 g/mol. The van der Waals surface area contributed by atoms with Gasteiger partial charge < -0.3 is 5.32 Å². The second-order valence-corrected chi connectivity index (χ2v) is 5.50. The molecule has 0 saturated heterocycles. The van der Waals surface area contributed by atoms with Crippen LogP contribution in [0.4, 0.5) is 4.39 Å². The van der Waals surface area contributed by atoms with Gasteiger partial charge in [0.15, 0.2) is 0 Å². The van der Waals surface area contributed by atoms with E-state index in [1.54, 1.807) is 6.07 Å². The van der Waals surface area contributed by atoms with Crippen molar-refractivity contribution in [1.29, 1.82) is 0 Å². The van der Waals surface area contributed by atoms with Gasteiger partial charge in [-0.25, -0.2) is 4.39 Å². The molecule has 2 rings (SSSR count). The van der Waals surface area contributed by atoms with Gasteiger partial charge in [-0.1, -0.05) is 49.4 Å². The molecule has 0 heterocycles. The van der Waals surface area contributed by atoms with Crippen molar-refractivity contribution in [2.45, 2.75) is 39.2 Å². The van der Waals surface area contributed by atoms with E-state index in [-0.39, 0.29) is 5.82 Å². The minimum Gasteiger partial charge on any atom is -0.310 e. The van der Waals surface area contributed by atoms with Gasteiger partial charge in [0, 0.05) is 6.04 Å². The van der Waals surface area contributed by atoms with Crippen LogP contribution < -0.4 is 5.32 Å². The lowest BCUT2D eigenvalue weighted by Gasteiger charge is -2.19. The van der Waals surface area contributed by atoms with Crippen LogP contribution in [0, 0.1) is 12.7 Å². The third-order valence-electron chi connectivity index (χ3n) is 3.84. The van der Waals surface area contributed by atoms with Gasteiger partial charge in [0.1, 0.15) is 5.82 Å². The van der Waals surface area contributed by atoms with Crippen LogP contribution in [0.5, 0.6) is 0 Å². The summed E-state index contributed by atoms with van der Waals surface area (Å²) >= 11 is 0. The van der Waals surface area contributed by atoms with Gasteiger partial charge in [0.2, 0.25) is 0 Å². The lowest BCUT2D eigenvalue weighted by molar-refractivity contribution is 0.496. The highest BCUT2D eigenvalue weighted by Crippen LogP contribution is 2.22. The fourth-order valence-electron chi connectivity index (χ4n) is 2.67. The topological polar surface area (TPSA) is 12.0 Å². The van der Waals surface area contributed by atoms with E-state index in [0.29, 0.717) is 6.04 Å². The van der Waals surface area contributed by atoms with Gasteiger partial charge in [-0.3, -0.25) is 0 Å². The minimum absolute atomic E-state index is 0.127. The fourth-order valence-corrected chi connectivity index (χ4v) is 2.67. The molecule has 112 valence electrons. The summed E-state index contributed by atoms with van der Waals surface area (Å²) in [5.41, 5.74) is 3.28. The summed E-state index contributed by atoms with van der Waals surface area (Å²) in [4.78, 5) is 0. The summed E-state index contributed by atoms with van der Waals surface area (Å²) in [7, 11) is 0. The van der Waals surface area contributed by atoms with Crippen LogP contribution in [0.3, 0.4) is 0 Å². The Morgan fingerprint density at radius 1 is 1.10 bits per heavy atom. The molecule has 0 fully saturated rings. The first-order chi connectivity index (χ1) is 10.2. The summed E-state index contributed by atoms with van der Waals surface area (Å²) < 4.78 is 13.4. The van der Waals surface area contributed by atoms with Crippen molar-refractivity contribution in [1.82, 2.24) is 5.32 Å². The molecule has 0 radical (unpaired) electrons. The maximum atomic E-state index is 13.4. The number of aryl methyl sites for hydroxylation is 2. The standard InChI is InChI=1S/C19H24FN/c1-3-21-19(17-12-13-18(20)15(2)14-17)11-7-10-16-8-5-4-6-9-16/h4-6,8-9,12-14,19,21H,3,7,10-11H2,1-2H3. The van der Waals surface area contributed by atoms with E-state index in [0.717, 1.165) is 31.4 Å². The number of benzene rings is 2. The van der Waals surface area contributed by atoms with Crippen LogP contribution in [0.15, 0.2) is 48.5 Å². The molecule has 1 atom stereocenters. The summed E-state index contributed by atoms with van der Waals surface area (Å²) in [6, 6.07) is 16.3. The molecule has 1 nitrogen and oxygen atoms in total. The molecule has 0 aromatic heterocycles. The molecule has 0 spiro atoms. The first kappa shape index (κ1) is 15.7. The van der Waals surface area contributed by atoms with Gasteiger partial charge in [0.05, 0.1) is 0 Å². The third kappa shape index (κ3) is 4.68. The highest BCUT2D eigenvalue weighted by Gasteiger charge is 2.11. The van der Waals surface area contributed by atoms with Crippen LogP contribution >= 0.6 is 0 Å². The van der Waals surface area contributed by atoms with E-state index in [9.17, 15) is 4.39 Å². The lowest BCUT2D eigenvalue weighted by atomic mass is 9.97. The van der Waals surface area contributed by atoms with Crippen molar-refractivity contribution in [3.8, 4) is 0 Å². The molecule has 2 aromatic carbocycles. The van der Waals surface area contributed by atoms with E-state index in [4.69, 9.17) is 0 Å². The molecule has 0 aliphatic rings. The van der Waals surface area contributed by atoms with Gasteiger partial charge >= 0.3 is 0 Å². The van der Waals surface area contributed by atoms with E-state index in [2.05, 4.69) is 36.5 Å². The second-order valence-electron chi connectivity index (χ2n) is 5.50. The first-order valence-corrected chi connectivity index (χ1v) is 7.74. The average Bonchev–Trinajstić information content (AvgIpc) is 2.50. The van der Waals surface area contributed by atoms with Crippen molar-refractivity contribution >= 4 is 0 Å². The molecule has 0 saturated carbocycles. The maximum Gasteiger partial charge on any atom is 0.126 e. The first-order valence-electron chi connectivity index (χ1n) is 7.74. The van der Waals surface area contributed by atoms with Gasteiger partial charge in [-0.2, -0.15) is 0 Å². The van der Waals surface area contributed by atoms with E-state index < -0.39 is 0 Å². The Labute approximate surface area is 127 Å². The smallest absolute Gasteiger partial charge is 0.126 e. The summed E-state index contributed by atoms with van der Waals surface area (Å²) in [6.07, 6.45) is 3.27. The van der Waals surface area contributed by atoms with E-state index >= 15 is 0 Å². The van der Waals surface area contributed by atoms with Crippen molar-refractivity contribution in [3.05, 3.63) is 71.0 Å². The molecule has 0 bridgehead atoms. The molecule has 21 heavy (non-hydrogen) atoms. The number of rotatable bonds is 7. The molecule has 2 aromatic rings. The fraction of sp³-hybridized carbons (Fsp3) is 0.368. The van der Waals surface area contributed by atoms with Crippen molar-refractivity contribution < 1.29 is 4.39 Å². The number of hydrogen-bond acceptors (Lipinski definition) is 1. The van der Waals surface area contributed by atoms with Crippen molar-refractivity contribution in [2.24, 2.45) is 0 Å². The number of hydrogen-bond donors (Lipinski definition) is 1. The molecule has 0 aliphatic carbocycles. The highest BCUT2D eigenvalue weighted by atomic mass is 19.1. The SMILES string of the molecule is CCNC(CCCc1ccccc1)c1ccc(F)c(C)c1. The lowest BCUT2D eigenvalue weighted by Crippen LogP contribution is -2.21. The van der Waals surface area contributed by atoms with E-state index in [1.807, 2.05) is 25.1 Å². The quantitative estimate of drug-likeness (QED) is 0.770. The molecule has 2 heteroatoms. The molecular formula is C19H24FN. The second kappa shape index (κ2) is 7.94. The molecular weight excluding hydrogens is 261 g/mol. The zero-order chi connectivity index (χ0) is 15.1. The van der Waals surface area contributed by atoms with Gasteiger partial charge in [-0.15, -0.1) is 0 Å². The molecule has 1 N–H and O–H groups in total. The Morgan fingerprint density at radius 3 is 2.52 bits per heavy atom. The molecule has 1 unspecified atom stereocenters. The number of nitrogens with one attached hydrogen (secondary N) is 1. The third-order valence-corrected chi connectivity index (χ3v) is 3.84. The Morgan fingerprint density at radius 2 is 1.86 bits per heavy atom. The zero-order valence-corrected chi connectivity index (χ0v) is 12.9. The average molecular weight is 285 g/mol. The Kier molecular flexibility index (Phi) is 5.94. The Balaban J connectivity index is 1.97. The Bertz CT molecular complexity index is 551. The van der Waals surface area contributed by atoms with Gasteiger partial charge in [-0.05, 0) is 55.5 Å². The largest absolute Gasteiger partial charge is 0.310 e. The number of halogens is 1. The highest BCUT2D eigenvalue weighted by molar-refractivity contribution is 5.26. The van der Waals surface area contributed by atoms with Crippen molar-refractivity contribution in [2.75, 3.05) is 6.54 Å². The summed E-state index contributed by atoms with van der Waals surface area (Å²) in [5, 5.41) is 3.51. The van der Waals surface area contributed by atoms with Crippen molar-refractivity contribution in [3.63, 3.8) is 0 Å². The predicted molar refractivity (Wildman–Crippen MR) is 86.9 cm³/mol. The van der Waals surface area contributed by atoms with Gasteiger partial charge in [0.25, 0.3) is 0 Å². The predicted octanol–water partition coefficient (Wildman–Crippen LogP) is 4.81. The summed E-state index contributed by atoms with van der Waals surface area (Å²) in [5.74, 6) is -0.127. The van der Waals surface area contributed by atoms with Crippen LogP contribution in [-0.4, -0.2) is 6.54 Å². The molecule has 0 aliphatic heterocycles. The summed E-state index contributed by atoms with van der Waals surface area (Å²) in [6.45, 7) is 4.86. The van der Waals surface area contributed by atoms with Crippen LogP contribution in [0.2, 0.25) is 0 Å². The normalized spacial score (nSPS) is 12.3. The maximum absolute atomic E-state index is 13.4.